The second kappa shape index (κ2) is 6.36. The van der Waals surface area contributed by atoms with E-state index in [4.69, 9.17) is 34.8 Å². The first kappa shape index (κ1) is 15.0. The van der Waals surface area contributed by atoms with Gasteiger partial charge in [-0.2, -0.15) is 0 Å². The normalized spacial score (nSPS) is 10.6. The summed E-state index contributed by atoms with van der Waals surface area (Å²) in [5, 5.41) is 5.05. The SMILES string of the molecule is Cc1cc(Cl)ccc1CNc1ccc(Br)c(Cl)c1Cl. The monoisotopic (exact) mass is 377 g/mol. The van der Waals surface area contributed by atoms with E-state index in [1.54, 1.807) is 0 Å². The molecule has 0 aliphatic carbocycles. The zero-order valence-corrected chi connectivity index (χ0v) is 14.0. The molecule has 2 aromatic rings. The van der Waals surface area contributed by atoms with Crippen LogP contribution in [0.2, 0.25) is 15.1 Å². The molecule has 5 heteroatoms. The molecule has 0 amide bonds. The standard InChI is InChI=1S/C14H11BrCl3N/c1-8-6-10(16)3-2-9(8)7-19-12-5-4-11(15)13(17)14(12)18/h2-6,19H,7H2,1H3. The minimum Gasteiger partial charge on any atom is -0.380 e. The molecule has 0 saturated heterocycles. The van der Waals surface area contributed by atoms with Gasteiger partial charge in [-0.25, -0.2) is 0 Å². The summed E-state index contributed by atoms with van der Waals surface area (Å²) in [6.07, 6.45) is 0. The Morgan fingerprint density at radius 2 is 1.79 bits per heavy atom. The second-order valence-corrected chi connectivity index (χ2v) is 6.19. The van der Waals surface area contributed by atoms with Gasteiger partial charge in [0.15, 0.2) is 0 Å². The number of aryl methyl sites for hydroxylation is 1. The van der Waals surface area contributed by atoms with Crippen molar-refractivity contribution in [1.29, 1.82) is 0 Å². The Labute approximate surface area is 136 Å². The average Bonchev–Trinajstić information content (AvgIpc) is 2.37. The van der Waals surface area contributed by atoms with E-state index in [1.165, 1.54) is 5.56 Å². The third-order valence-corrected chi connectivity index (χ3v) is 4.82. The molecule has 1 N–H and O–H groups in total. The Bertz CT molecular complexity index is 614. The van der Waals surface area contributed by atoms with Gasteiger partial charge >= 0.3 is 0 Å². The molecule has 100 valence electrons. The maximum atomic E-state index is 6.18. The molecule has 2 rings (SSSR count). The van der Waals surface area contributed by atoms with Crippen molar-refractivity contribution in [1.82, 2.24) is 0 Å². The third kappa shape index (κ3) is 3.57. The van der Waals surface area contributed by atoms with E-state index in [1.807, 2.05) is 37.3 Å². The molecular weight excluding hydrogens is 368 g/mol. The predicted molar refractivity (Wildman–Crippen MR) is 87.7 cm³/mol. The van der Waals surface area contributed by atoms with Crippen molar-refractivity contribution >= 4 is 56.4 Å². The van der Waals surface area contributed by atoms with E-state index in [2.05, 4.69) is 21.2 Å². The Hall–Kier alpha value is -0.410. The zero-order valence-electron chi connectivity index (χ0n) is 10.1. The smallest absolute Gasteiger partial charge is 0.0835 e. The minimum absolute atomic E-state index is 0.513. The topological polar surface area (TPSA) is 12.0 Å². The van der Waals surface area contributed by atoms with Crippen LogP contribution >= 0.6 is 50.7 Å². The maximum absolute atomic E-state index is 6.18. The van der Waals surface area contributed by atoms with E-state index in [-0.39, 0.29) is 0 Å². The van der Waals surface area contributed by atoms with Gasteiger partial charge in [-0.05, 0) is 58.2 Å². The summed E-state index contributed by atoms with van der Waals surface area (Å²) >= 11 is 21.5. The molecule has 19 heavy (non-hydrogen) atoms. The highest BCUT2D eigenvalue weighted by Crippen LogP contribution is 2.36. The number of anilines is 1. The lowest BCUT2D eigenvalue weighted by Crippen LogP contribution is -2.02. The van der Waals surface area contributed by atoms with Gasteiger partial charge in [0.25, 0.3) is 0 Å². The number of benzene rings is 2. The van der Waals surface area contributed by atoms with Crippen molar-refractivity contribution in [2.75, 3.05) is 5.32 Å². The molecule has 0 radical (unpaired) electrons. The molecule has 0 bridgehead atoms. The van der Waals surface area contributed by atoms with Crippen LogP contribution in [0.5, 0.6) is 0 Å². The van der Waals surface area contributed by atoms with E-state index in [0.29, 0.717) is 16.6 Å². The molecule has 0 unspecified atom stereocenters. The molecule has 2 aromatic carbocycles. The van der Waals surface area contributed by atoms with Crippen LogP contribution < -0.4 is 5.32 Å². The number of rotatable bonds is 3. The van der Waals surface area contributed by atoms with Crippen molar-refractivity contribution in [2.45, 2.75) is 13.5 Å². The van der Waals surface area contributed by atoms with E-state index < -0.39 is 0 Å². The van der Waals surface area contributed by atoms with Crippen LogP contribution in [0.15, 0.2) is 34.8 Å². The van der Waals surface area contributed by atoms with Crippen LogP contribution in [0.25, 0.3) is 0 Å². The Morgan fingerprint density at radius 3 is 2.47 bits per heavy atom. The fourth-order valence-corrected chi connectivity index (χ4v) is 2.78. The van der Waals surface area contributed by atoms with Crippen LogP contribution in [0.3, 0.4) is 0 Å². The summed E-state index contributed by atoms with van der Waals surface area (Å²) in [6.45, 7) is 2.69. The van der Waals surface area contributed by atoms with Crippen molar-refractivity contribution < 1.29 is 0 Å². The van der Waals surface area contributed by atoms with Crippen molar-refractivity contribution in [3.8, 4) is 0 Å². The van der Waals surface area contributed by atoms with Crippen molar-refractivity contribution in [3.63, 3.8) is 0 Å². The van der Waals surface area contributed by atoms with E-state index in [0.717, 1.165) is 20.7 Å². The first-order chi connectivity index (χ1) is 8.99. The summed E-state index contributed by atoms with van der Waals surface area (Å²) in [7, 11) is 0. The molecule has 0 aliphatic heterocycles. The molecule has 0 atom stereocenters. The van der Waals surface area contributed by atoms with Gasteiger partial charge in [0, 0.05) is 16.0 Å². The predicted octanol–water partition coefficient (Wildman–Crippen LogP) is 6.33. The van der Waals surface area contributed by atoms with Crippen LogP contribution in [0.4, 0.5) is 5.69 Å². The number of nitrogens with one attached hydrogen (secondary N) is 1. The Kier molecular flexibility index (Phi) is 5.02. The number of hydrogen-bond acceptors (Lipinski definition) is 1. The second-order valence-electron chi connectivity index (χ2n) is 4.15. The van der Waals surface area contributed by atoms with Crippen LogP contribution in [-0.4, -0.2) is 0 Å². The Balaban J connectivity index is 2.17. The van der Waals surface area contributed by atoms with Crippen LogP contribution in [-0.2, 0) is 6.54 Å². The van der Waals surface area contributed by atoms with Crippen molar-refractivity contribution in [2.24, 2.45) is 0 Å². The highest BCUT2D eigenvalue weighted by Gasteiger charge is 2.08. The third-order valence-electron chi connectivity index (χ3n) is 2.81. The lowest BCUT2D eigenvalue weighted by Gasteiger charge is -2.12. The zero-order chi connectivity index (χ0) is 14.0. The first-order valence-electron chi connectivity index (χ1n) is 5.61. The summed E-state index contributed by atoms with van der Waals surface area (Å²) in [5.41, 5.74) is 3.11. The largest absolute Gasteiger partial charge is 0.380 e. The van der Waals surface area contributed by atoms with E-state index >= 15 is 0 Å². The molecule has 0 fully saturated rings. The lowest BCUT2D eigenvalue weighted by molar-refractivity contribution is 1.12. The van der Waals surface area contributed by atoms with Gasteiger partial charge in [-0.15, -0.1) is 0 Å². The fourth-order valence-electron chi connectivity index (χ4n) is 1.71. The summed E-state index contributed by atoms with van der Waals surface area (Å²) in [6, 6.07) is 9.57. The highest BCUT2D eigenvalue weighted by atomic mass is 79.9. The number of halogens is 4. The summed E-state index contributed by atoms with van der Waals surface area (Å²) < 4.78 is 0.785. The maximum Gasteiger partial charge on any atom is 0.0835 e. The first-order valence-corrected chi connectivity index (χ1v) is 7.54. The highest BCUT2D eigenvalue weighted by molar-refractivity contribution is 9.10. The average molecular weight is 380 g/mol. The van der Waals surface area contributed by atoms with Gasteiger partial charge in [0.1, 0.15) is 0 Å². The molecule has 0 spiro atoms. The summed E-state index contributed by atoms with van der Waals surface area (Å²) in [5.74, 6) is 0. The van der Waals surface area contributed by atoms with E-state index in [9.17, 15) is 0 Å². The molecule has 0 heterocycles. The summed E-state index contributed by atoms with van der Waals surface area (Å²) in [4.78, 5) is 0. The van der Waals surface area contributed by atoms with Gasteiger partial charge in [-0.1, -0.05) is 40.9 Å². The van der Waals surface area contributed by atoms with Gasteiger partial charge in [0.05, 0.1) is 15.7 Å². The lowest BCUT2D eigenvalue weighted by atomic mass is 10.1. The molecule has 1 nitrogen and oxygen atoms in total. The van der Waals surface area contributed by atoms with Gasteiger partial charge < -0.3 is 5.32 Å². The van der Waals surface area contributed by atoms with Crippen LogP contribution in [0, 0.1) is 6.92 Å². The fraction of sp³-hybridized carbons (Fsp3) is 0.143. The molecule has 0 aliphatic rings. The molecular formula is C14H11BrCl3N. The quantitative estimate of drug-likeness (QED) is 0.615. The Morgan fingerprint density at radius 1 is 1.05 bits per heavy atom. The number of hydrogen-bond donors (Lipinski definition) is 1. The van der Waals surface area contributed by atoms with Crippen molar-refractivity contribution in [3.05, 3.63) is 61.0 Å². The molecule has 0 aromatic heterocycles. The van der Waals surface area contributed by atoms with Gasteiger partial charge in [0.2, 0.25) is 0 Å². The van der Waals surface area contributed by atoms with Crippen LogP contribution in [0.1, 0.15) is 11.1 Å². The minimum atomic E-state index is 0.513. The molecule has 0 saturated carbocycles. The van der Waals surface area contributed by atoms with Gasteiger partial charge in [-0.3, -0.25) is 0 Å².